The Labute approximate surface area is 175 Å². The summed E-state index contributed by atoms with van der Waals surface area (Å²) in [5.74, 6) is -0.695. The van der Waals surface area contributed by atoms with Gasteiger partial charge in [-0.1, -0.05) is 35.6 Å². The van der Waals surface area contributed by atoms with Crippen LogP contribution in [0, 0.1) is 13.8 Å². The summed E-state index contributed by atoms with van der Waals surface area (Å²) in [4.78, 5) is 28.6. The van der Waals surface area contributed by atoms with Gasteiger partial charge in [-0.25, -0.2) is 0 Å². The van der Waals surface area contributed by atoms with E-state index in [0.29, 0.717) is 43.4 Å². The van der Waals surface area contributed by atoms with Crippen LogP contribution in [0.4, 0.5) is 0 Å². The number of benzene rings is 1. The third-order valence-electron chi connectivity index (χ3n) is 5.78. The quantitative estimate of drug-likeness (QED) is 0.427. The Morgan fingerprint density at radius 1 is 1.10 bits per heavy atom. The fraction of sp³-hybridized carbons (Fsp3) is 0.391. The molecule has 2 fully saturated rings. The molecule has 2 aliphatic rings. The Morgan fingerprint density at radius 2 is 1.80 bits per heavy atom. The fourth-order valence-corrected chi connectivity index (χ4v) is 4.05. The first kappa shape index (κ1) is 20.4. The van der Waals surface area contributed by atoms with Crippen molar-refractivity contribution >= 4 is 17.4 Å². The van der Waals surface area contributed by atoms with Gasteiger partial charge in [-0.2, -0.15) is 0 Å². The average molecular weight is 410 g/mol. The van der Waals surface area contributed by atoms with E-state index in [1.807, 2.05) is 19.1 Å². The second-order valence-corrected chi connectivity index (χ2v) is 7.90. The number of ether oxygens (including phenoxy) is 1. The zero-order chi connectivity index (χ0) is 21.3. The molecule has 30 heavy (non-hydrogen) atoms. The Balaban J connectivity index is 1.70. The summed E-state index contributed by atoms with van der Waals surface area (Å²) < 4.78 is 11.2. The minimum atomic E-state index is -0.798. The predicted octanol–water partition coefficient (Wildman–Crippen LogP) is 0.0355. The number of nitrogens with one attached hydrogen (secondary N) is 1. The molecule has 1 unspecified atom stereocenters. The zero-order valence-corrected chi connectivity index (χ0v) is 17.3. The highest BCUT2D eigenvalue weighted by Crippen LogP contribution is 2.39. The molecule has 0 bridgehead atoms. The maximum Gasteiger partial charge on any atom is 0.295 e. The smallest absolute Gasteiger partial charge is 0.295 e. The number of ketones is 1. The van der Waals surface area contributed by atoms with Gasteiger partial charge in [-0.15, -0.1) is 0 Å². The first-order valence-corrected chi connectivity index (χ1v) is 10.3. The topological polar surface area (TPSA) is 87.2 Å². The summed E-state index contributed by atoms with van der Waals surface area (Å²) >= 11 is 0. The summed E-state index contributed by atoms with van der Waals surface area (Å²) in [5, 5.41) is 13.3. The molecule has 3 heterocycles. The van der Waals surface area contributed by atoms with Crippen molar-refractivity contribution in [1.82, 2.24) is 4.90 Å². The molecule has 0 radical (unpaired) electrons. The van der Waals surface area contributed by atoms with Crippen molar-refractivity contribution in [2.75, 3.05) is 39.4 Å². The van der Waals surface area contributed by atoms with Crippen molar-refractivity contribution in [3.63, 3.8) is 0 Å². The molecule has 158 valence electrons. The number of rotatable bonds is 5. The highest BCUT2D eigenvalue weighted by atomic mass is 16.5. The van der Waals surface area contributed by atoms with E-state index in [1.54, 1.807) is 31.2 Å². The van der Waals surface area contributed by atoms with Gasteiger partial charge >= 0.3 is 0 Å². The van der Waals surface area contributed by atoms with Gasteiger partial charge in [-0.3, -0.25) is 9.59 Å². The standard InChI is InChI=1S/C23H26N2O5/c1-15-3-6-17(7-4-15)21(26)19-20(18-8-5-16(2)30-18)25(23(28)22(19)27)10-9-24-11-13-29-14-12-24/h3-8,20,26H,9-14H2,1-2H3. The van der Waals surface area contributed by atoms with Crippen molar-refractivity contribution < 1.29 is 28.7 Å². The molecule has 2 saturated heterocycles. The second-order valence-electron chi connectivity index (χ2n) is 7.90. The SMILES string of the molecule is Cc1ccc(C([O-])=C2C(=O)C(=O)N(CC[NH+]3CCOCC3)C2c2ccc(C)o2)cc1. The molecular formula is C23H26N2O5. The van der Waals surface area contributed by atoms with Crippen LogP contribution in [0.2, 0.25) is 0 Å². The molecule has 7 nitrogen and oxygen atoms in total. The Hall–Kier alpha value is -2.90. The summed E-state index contributed by atoms with van der Waals surface area (Å²) in [5.41, 5.74) is 1.37. The molecule has 1 amide bonds. The lowest BCUT2D eigenvalue weighted by atomic mass is 9.99. The van der Waals surface area contributed by atoms with E-state index in [9.17, 15) is 14.7 Å². The number of carbonyl (C=O) groups excluding carboxylic acids is 2. The fourth-order valence-electron chi connectivity index (χ4n) is 4.05. The van der Waals surface area contributed by atoms with Crippen molar-refractivity contribution in [3.8, 4) is 0 Å². The zero-order valence-electron chi connectivity index (χ0n) is 17.3. The van der Waals surface area contributed by atoms with Gasteiger partial charge in [0, 0.05) is 5.57 Å². The Morgan fingerprint density at radius 3 is 2.43 bits per heavy atom. The molecular weight excluding hydrogens is 384 g/mol. The van der Waals surface area contributed by atoms with Crippen LogP contribution >= 0.6 is 0 Å². The van der Waals surface area contributed by atoms with Crippen LogP contribution < -0.4 is 10.0 Å². The van der Waals surface area contributed by atoms with E-state index in [2.05, 4.69) is 0 Å². The van der Waals surface area contributed by atoms with Crippen LogP contribution in [-0.2, 0) is 14.3 Å². The maximum atomic E-state index is 13.3. The van der Waals surface area contributed by atoms with E-state index >= 15 is 0 Å². The lowest BCUT2D eigenvalue weighted by Gasteiger charge is -2.29. The first-order valence-electron chi connectivity index (χ1n) is 10.3. The van der Waals surface area contributed by atoms with Crippen LogP contribution in [0.5, 0.6) is 0 Å². The molecule has 0 saturated carbocycles. The highest BCUT2D eigenvalue weighted by molar-refractivity contribution is 6.46. The van der Waals surface area contributed by atoms with Gasteiger partial charge in [-0.05, 0) is 31.5 Å². The normalized spacial score (nSPS) is 22.1. The number of likely N-dealkylation sites (tertiary alicyclic amines) is 1. The van der Waals surface area contributed by atoms with Gasteiger partial charge in [0.1, 0.15) is 30.7 Å². The third-order valence-corrected chi connectivity index (χ3v) is 5.78. The molecule has 1 aromatic carbocycles. The van der Waals surface area contributed by atoms with Crippen LogP contribution in [-0.4, -0.2) is 56.0 Å². The summed E-state index contributed by atoms with van der Waals surface area (Å²) in [6.07, 6.45) is 0. The monoisotopic (exact) mass is 410 g/mol. The number of morpholine rings is 1. The molecule has 1 N–H and O–H groups in total. The van der Waals surface area contributed by atoms with Gasteiger partial charge in [0.15, 0.2) is 0 Å². The minimum Gasteiger partial charge on any atom is -0.872 e. The van der Waals surface area contributed by atoms with E-state index < -0.39 is 23.5 Å². The lowest BCUT2D eigenvalue weighted by molar-refractivity contribution is -0.907. The number of hydrogen-bond acceptors (Lipinski definition) is 5. The number of quaternary nitrogens is 1. The van der Waals surface area contributed by atoms with E-state index in [-0.39, 0.29) is 5.57 Å². The second kappa shape index (κ2) is 8.45. The van der Waals surface area contributed by atoms with Crippen LogP contribution in [0.1, 0.15) is 28.7 Å². The number of furan rings is 1. The number of carbonyl (C=O) groups is 2. The van der Waals surface area contributed by atoms with Crippen LogP contribution in [0.25, 0.3) is 5.76 Å². The molecule has 1 atom stereocenters. The van der Waals surface area contributed by atoms with Crippen molar-refractivity contribution in [1.29, 1.82) is 0 Å². The lowest BCUT2D eigenvalue weighted by Crippen LogP contribution is -3.14. The molecule has 7 heteroatoms. The summed E-state index contributed by atoms with van der Waals surface area (Å²) in [6.45, 7) is 7.87. The molecule has 1 aromatic heterocycles. The molecule has 2 aromatic rings. The van der Waals surface area contributed by atoms with Gasteiger partial charge in [0.05, 0.1) is 26.3 Å². The van der Waals surface area contributed by atoms with Gasteiger partial charge < -0.3 is 24.1 Å². The predicted molar refractivity (Wildman–Crippen MR) is 107 cm³/mol. The van der Waals surface area contributed by atoms with Crippen LogP contribution in [0.3, 0.4) is 0 Å². The number of Topliss-reactive ketones (excluding diaryl/α,β-unsaturated/α-hetero) is 1. The van der Waals surface area contributed by atoms with Gasteiger partial charge in [0.2, 0.25) is 5.78 Å². The first-order chi connectivity index (χ1) is 14.5. The maximum absolute atomic E-state index is 13.3. The van der Waals surface area contributed by atoms with E-state index in [1.165, 1.54) is 9.80 Å². The Kier molecular flexibility index (Phi) is 5.74. The average Bonchev–Trinajstić information content (AvgIpc) is 3.28. The van der Waals surface area contributed by atoms with Crippen molar-refractivity contribution in [2.24, 2.45) is 0 Å². The van der Waals surface area contributed by atoms with Crippen molar-refractivity contribution in [2.45, 2.75) is 19.9 Å². The molecule has 4 rings (SSSR count). The number of hydrogen-bond donors (Lipinski definition) is 1. The number of nitrogens with zero attached hydrogens (tertiary/aromatic N) is 1. The molecule has 2 aliphatic heterocycles. The van der Waals surface area contributed by atoms with Gasteiger partial charge in [0.25, 0.3) is 5.91 Å². The van der Waals surface area contributed by atoms with E-state index in [4.69, 9.17) is 9.15 Å². The van der Waals surface area contributed by atoms with Crippen molar-refractivity contribution in [3.05, 3.63) is 64.6 Å². The number of amides is 1. The third kappa shape index (κ3) is 3.91. The van der Waals surface area contributed by atoms with Crippen LogP contribution in [0.15, 0.2) is 46.4 Å². The highest BCUT2D eigenvalue weighted by Gasteiger charge is 2.46. The molecule has 0 spiro atoms. The Bertz CT molecular complexity index is 970. The van der Waals surface area contributed by atoms with E-state index in [0.717, 1.165) is 18.7 Å². The minimum absolute atomic E-state index is 0.0322. The molecule has 0 aliphatic carbocycles. The summed E-state index contributed by atoms with van der Waals surface area (Å²) in [7, 11) is 0. The summed E-state index contributed by atoms with van der Waals surface area (Å²) in [6, 6.07) is 9.74. The largest absolute Gasteiger partial charge is 0.872 e. The number of aryl methyl sites for hydroxylation is 2.